The van der Waals surface area contributed by atoms with E-state index in [2.05, 4.69) is 5.32 Å². The smallest absolute Gasteiger partial charge is 0.311 e. The average Bonchev–Trinajstić information content (AvgIpc) is 2.31. The van der Waals surface area contributed by atoms with Crippen molar-refractivity contribution >= 4 is 11.9 Å². The molecule has 1 aromatic heterocycles. The molecule has 0 atom stereocenters. The van der Waals surface area contributed by atoms with Gasteiger partial charge in [0, 0.05) is 24.9 Å². The zero-order chi connectivity index (χ0) is 15.7. The fourth-order valence-corrected chi connectivity index (χ4v) is 1.47. The number of aryl methyl sites for hydroxylation is 1. The Morgan fingerprint density at radius 3 is 2.25 bits per heavy atom. The average molecular weight is 280 g/mol. The van der Waals surface area contributed by atoms with Crippen LogP contribution >= 0.6 is 0 Å². The molecule has 0 aromatic carbocycles. The van der Waals surface area contributed by atoms with Crippen LogP contribution in [0.5, 0.6) is 0 Å². The highest BCUT2D eigenvalue weighted by molar-refractivity contribution is 5.95. The number of carboxylic acid groups (broad SMARTS) is 1. The summed E-state index contributed by atoms with van der Waals surface area (Å²) in [6, 6.07) is 2.74. The molecule has 0 fully saturated rings. The Balaban J connectivity index is 3.03. The van der Waals surface area contributed by atoms with Crippen LogP contribution in [-0.4, -0.2) is 27.1 Å². The fraction of sp³-hybridized carbons (Fsp3) is 0.500. The standard InChI is InChI=1S/C14H20N2O4/c1-13(2,12(19)20)14(3,4)15-11(18)9-6-7-16(5)10(17)8-9/h6-8H,1-5H3,(H,15,18)(H,19,20). The lowest BCUT2D eigenvalue weighted by Crippen LogP contribution is -2.57. The minimum atomic E-state index is -1.15. The van der Waals surface area contributed by atoms with Gasteiger partial charge in [-0.15, -0.1) is 0 Å². The molecule has 6 nitrogen and oxygen atoms in total. The van der Waals surface area contributed by atoms with E-state index in [0.29, 0.717) is 0 Å². The van der Waals surface area contributed by atoms with Crippen LogP contribution in [0.2, 0.25) is 0 Å². The van der Waals surface area contributed by atoms with Gasteiger partial charge in [0.05, 0.1) is 11.0 Å². The quantitative estimate of drug-likeness (QED) is 0.861. The molecular weight excluding hydrogens is 260 g/mol. The van der Waals surface area contributed by atoms with Crippen LogP contribution in [0.1, 0.15) is 38.1 Å². The normalized spacial score (nSPS) is 12.1. The predicted molar refractivity (Wildman–Crippen MR) is 74.6 cm³/mol. The van der Waals surface area contributed by atoms with Crippen molar-refractivity contribution in [1.29, 1.82) is 0 Å². The van der Waals surface area contributed by atoms with Crippen LogP contribution in [0.25, 0.3) is 0 Å². The number of hydrogen-bond acceptors (Lipinski definition) is 3. The number of carboxylic acids is 1. The van der Waals surface area contributed by atoms with E-state index < -0.39 is 22.8 Å². The van der Waals surface area contributed by atoms with Crippen LogP contribution in [0.15, 0.2) is 23.1 Å². The first kappa shape index (κ1) is 15.9. The van der Waals surface area contributed by atoms with Gasteiger partial charge in [0.25, 0.3) is 11.5 Å². The highest BCUT2D eigenvalue weighted by Crippen LogP contribution is 2.30. The number of amides is 1. The number of aliphatic carboxylic acids is 1. The Kier molecular flexibility index (Phi) is 4.07. The lowest BCUT2D eigenvalue weighted by atomic mass is 9.74. The zero-order valence-corrected chi connectivity index (χ0v) is 12.4. The molecule has 110 valence electrons. The van der Waals surface area contributed by atoms with E-state index in [0.717, 1.165) is 0 Å². The van der Waals surface area contributed by atoms with Crippen LogP contribution < -0.4 is 10.9 Å². The van der Waals surface area contributed by atoms with Gasteiger partial charge in [0.15, 0.2) is 0 Å². The van der Waals surface area contributed by atoms with Crippen molar-refractivity contribution in [2.45, 2.75) is 33.2 Å². The maximum Gasteiger partial charge on any atom is 0.311 e. The topological polar surface area (TPSA) is 88.4 Å². The zero-order valence-electron chi connectivity index (χ0n) is 12.4. The van der Waals surface area contributed by atoms with E-state index in [4.69, 9.17) is 0 Å². The van der Waals surface area contributed by atoms with Gasteiger partial charge in [-0.1, -0.05) is 0 Å². The molecule has 0 radical (unpaired) electrons. The third kappa shape index (κ3) is 2.89. The van der Waals surface area contributed by atoms with E-state index >= 15 is 0 Å². The minimum absolute atomic E-state index is 0.211. The predicted octanol–water partition coefficient (Wildman–Crippen LogP) is 1.00. The lowest BCUT2D eigenvalue weighted by molar-refractivity contribution is -0.150. The summed E-state index contributed by atoms with van der Waals surface area (Å²) in [5, 5.41) is 11.9. The van der Waals surface area contributed by atoms with E-state index in [-0.39, 0.29) is 11.1 Å². The van der Waals surface area contributed by atoms with E-state index in [1.165, 1.54) is 22.9 Å². The van der Waals surface area contributed by atoms with Crippen molar-refractivity contribution in [1.82, 2.24) is 9.88 Å². The van der Waals surface area contributed by atoms with Gasteiger partial charge in [-0.3, -0.25) is 14.4 Å². The second-order valence-electron chi connectivity index (χ2n) is 5.87. The van der Waals surface area contributed by atoms with Crippen LogP contribution in [0.4, 0.5) is 0 Å². The van der Waals surface area contributed by atoms with Crippen LogP contribution in [-0.2, 0) is 11.8 Å². The van der Waals surface area contributed by atoms with Crippen LogP contribution in [0, 0.1) is 5.41 Å². The van der Waals surface area contributed by atoms with Crippen molar-refractivity contribution in [3.8, 4) is 0 Å². The lowest BCUT2D eigenvalue weighted by Gasteiger charge is -2.38. The molecule has 0 saturated carbocycles. The number of aromatic nitrogens is 1. The van der Waals surface area contributed by atoms with Gasteiger partial charge in [-0.2, -0.15) is 0 Å². The minimum Gasteiger partial charge on any atom is -0.481 e. The number of nitrogens with zero attached hydrogens (tertiary/aromatic N) is 1. The monoisotopic (exact) mass is 280 g/mol. The summed E-state index contributed by atoms with van der Waals surface area (Å²) in [5.41, 5.74) is -2.21. The van der Waals surface area contributed by atoms with Gasteiger partial charge in [-0.05, 0) is 33.8 Å². The maximum absolute atomic E-state index is 12.1. The molecule has 0 saturated heterocycles. The Hall–Kier alpha value is -2.11. The number of hydrogen-bond donors (Lipinski definition) is 2. The van der Waals surface area contributed by atoms with Crippen molar-refractivity contribution in [3.63, 3.8) is 0 Å². The largest absolute Gasteiger partial charge is 0.481 e. The van der Waals surface area contributed by atoms with E-state index in [1.807, 2.05) is 0 Å². The highest BCUT2D eigenvalue weighted by Gasteiger charge is 2.44. The van der Waals surface area contributed by atoms with Gasteiger partial charge in [-0.25, -0.2) is 0 Å². The number of carbonyl (C=O) groups is 2. The molecule has 1 aromatic rings. The van der Waals surface area contributed by atoms with Crippen molar-refractivity contribution < 1.29 is 14.7 Å². The second kappa shape index (κ2) is 5.11. The van der Waals surface area contributed by atoms with Crippen molar-refractivity contribution in [3.05, 3.63) is 34.2 Å². The molecule has 0 aliphatic rings. The molecule has 2 N–H and O–H groups in total. The molecule has 0 aliphatic heterocycles. The van der Waals surface area contributed by atoms with Gasteiger partial charge in [0.1, 0.15) is 0 Å². The number of carbonyl (C=O) groups excluding carboxylic acids is 1. The Morgan fingerprint density at radius 2 is 1.80 bits per heavy atom. The Bertz CT molecular complexity index is 599. The number of nitrogens with one attached hydrogen (secondary N) is 1. The first-order valence-corrected chi connectivity index (χ1v) is 6.21. The molecule has 0 unspecified atom stereocenters. The molecule has 0 spiro atoms. The molecular formula is C14H20N2O4. The highest BCUT2D eigenvalue weighted by atomic mass is 16.4. The third-order valence-corrected chi connectivity index (χ3v) is 3.89. The first-order chi connectivity index (χ1) is 8.99. The third-order valence-electron chi connectivity index (χ3n) is 3.89. The van der Waals surface area contributed by atoms with Gasteiger partial charge < -0.3 is 15.0 Å². The molecule has 20 heavy (non-hydrogen) atoms. The van der Waals surface area contributed by atoms with Gasteiger partial charge >= 0.3 is 5.97 Å². The SMILES string of the molecule is Cn1ccc(C(=O)NC(C)(C)C(C)(C)C(=O)O)cc1=O. The van der Waals surface area contributed by atoms with Crippen molar-refractivity contribution in [2.24, 2.45) is 12.5 Å². The van der Waals surface area contributed by atoms with Gasteiger partial charge in [0.2, 0.25) is 0 Å². The molecule has 0 bridgehead atoms. The molecule has 1 amide bonds. The Labute approximate surface area is 117 Å². The van der Waals surface area contributed by atoms with E-state index in [9.17, 15) is 19.5 Å². The van der Waals surface area contributed by atoms with Crippen LogP contribution in [0.3, 0.4) is 0 Å². The van der Waals surface area contributed by atoms with E-state index in [1.54, 1.807) is 34.7 Å². The number of rotatable bonds is 4. The molecule has 1 heterocycles. The molecule has 0 aliphatic carbocycles. The molecule has 1 rings (SSSR count). The first-order valence-electron chi connectivity index (χ1n) is 6.21. The summed E-state index contributed by atoms with van der Waals surface area (Å²) < 4.78 is 1.35. The summed E-state index contributed by atoms with van der Waals surface area (Å²) in [6.07, 6.45) is 1.49. The summed E-state index contributed by atoms with van der Waals surface area (Å²) in [4.78, 5) is 34.9. The van der Waals surface area contributed by atoms with Crippen molar-refractivity contribution in [2.75, 3.05) is 0 Å². The summed E-state index contributed by atoms with van der Waals surface area (Å²) >= 11 is 0. The summed E-state index contributed by atoms with van der Waals surface area (Å²) in [7, 11) is 1.58. The second-order valence-corrected chi connectivity index (χ2v) is 5.87. The maximum atomic E-state index is 12.1. The number of pyridine rings is 1. The Morgan fingerprint density at radius 1 is 1.25 bits per heavy atom. The molecule has 6 heteroatoms. The fourth-order valence-electron chi connectivity index (χ4n) is 1.47. The summed E-state index contributed by atoms with van der Waals surface area (Å²) in [6.45, 7) is 6.36. The summed E-state index contributed by atoms with van der Waals surface area (Å²) in [5.74, 6) is -1.48.